The van der Waals surface area contributed by atoms with E-state index in [9.17, 15) is 0 Å². The summed E-state index contributed by atoms with van der Waals surface area (Å²) in [5.41, 5.74) is 0.914. The standard InChI is InChI=1S/C13H10O3/c1-9-8-10(11-4-2-6-14-11)13(16-9)12-5-3-7-15-12/h2-8H,1H3. The van der Waals surface area contributed by atoms with Crippen molar-refractivity contribution < 1.29 is 13.3 Å². The lowest BCUT2D eigenvalue weighted by Gasteiger charge is -1.95. The van der Waals surface area contributed by atoms with Crippen molar-refractivity contribution in [1.29, 1.82) is 0 Å². The normalized spacial score (nSPS) is 10.8. The zero-order valence-corrected chi connectivity index (χ0v) is 8.77. The first-order valence-electron chi connectivity index (χ1n) is 5.03. The molecule has 0 saturated heterocycles. The summed E-state index contributed by atoms with van der Waals surface area (Å²) in [5, 5.41) is 0. The van der Waals surface area contributed by atoms with E-state index in [0.29, 0.717) is 11.5 Å². The van der Waals surface area contributed by atoms with E-state index in [1.165, 1.54) is 0 Å². The number of rotatable bonds is 2. The van der Waals surface area contributed by atoms with E-state index < -0.39 is 0 Å². The van der Waals surface area contributed by atoms with Crippen LogP contribution >= 0.6 is 0 Å². The van der Waals surface area contributed by atoms with Gasteiger partial charge < -0.3 is 13.3 Å². The highest BCUT2D eigenvalue weighted by molar-refractivity contribution is 5.75. The Kier molecular flexibility index (Phi) is 1.96. The van der Waals surface area contributed by atoms with E-state index in [0.717, 1.165) is 17.1 Å². The monoisotopic (exact) mass is 214 g/mol. The van der Waals surface area contributed by atoms with Gasteiger partial charge in [-0.1, -0.05) is 0 Å². The van der Waals surface area contributed by atoms with Gasteiger partial charge in [0.25, 0.3) is 0 Å². The van der Waals surface area contributed by atoms with Crippen LogP contribution in [-0.4, -0.2) is 0 Å². The molecule has 80 valence electrons. The third-order valence-corrected chi connectivity index (χ3v) is 2.39. The molecule has 0 aliphatic heterocycles. The van der Waals surface area contributed by atoms with E-state index in [4.69, 9.17) is 13.3 Å². The molecule has 3 nitrogen and oxygen atoms in total. The third-order valence-electron chi connectivity index (χ3n) is 2.39. The lowest BCUT2D eigenvalue weighted by atomic mass is 10.1. The van der Waals surface area contributed by atoms with Crippen LogP contribution in [0, 0.1) is 6.92 Å². The lowest BCUT2D eigenvalue weighted by molar-refractivity contribution is 0.506. The van der Waals surface area contributed by atoms with Crippen molar-refractivity contribution in [3.8, 4) is 22.8 Å². The predicted molar refractivity (Wildman–Crippen MR) is 58.8 cm³/mol. The first-order chi connectivity index (χ1) is 7.84. The van der Waals surface area contributed by atoms with Crippen LogP contribution in [0.1, 0.15) is 5.76 Å². The first-order valence-corrected chi connectivity index (χ1v) is 5.03. The molecule has 0 atom stereocenters. The molecule has 3 aromatic rings. The summed E-state index contributed by atoms with van der Waals surface area (Å²) in [6, 6.07) is 9.39. The van der Waals surface area contributed by atoms with Crippen LogP contribution in [0.3, 0.4) is 0 Å². The van der Waals surface area contributed by atoms with E-state index in [2.05, 4.69) is 0 Å². The molecule has 0 amide bonds. The number of hydrogen-bond donors (Lipinski definition) is 0. The Balaban J connectivity index is 2.19. The summed E-state index contributed by atoms with van der Waals surface area (Å²) in [4.78, 5) is 0. The van der Waals surface area contributed by atoms with Crippen molar-refractivity contribution in [2.45, 2.75) is 6.92 Å². The van der Waals surface area contributed by atoms with E-state index in [-0.39, 0.29) is 0 Å². The van der Waals surface area contributed by atoms with Crippen LogP contribution in [0.4, 0.5) is 0 Å². The number of aryl methyl sites for hydroxylation is 1. The molecule has 0 bridgehead atoms. The van der Waals surface area contributed by atoms with E-state index in [1.54, 1.807) is 12.5 Å². The maximum atomic E-state index is 5.63. The second-order valence-electron chi connectivity index (χ2n) is 3.55. The maximum Gasteiger partial charge on any atom is 0.180 e. The van der Waals surface area contributed by atoms with Crippen molar-refractivity contribution in [3.05, 3.63) is 48.6 Å². The quantitative estimate of drug-likeness (QED) is 0.644. The molecule has 3 aromatic heterocycles. The van der Waals surface area contributed by atoms with Gasteiger partial charge in [-0.3, -0.25) is 0 Å². The second kappa shape index (κ2) is 3.45. The lowest BCUT2D eigenvalue weighted by Crippen LogP contribution is -1.73. The van der Waals surface area contributed by atoms with E-state index >= 15 is 0 Å². The van der Waals surface area contributed by atoms with Gasteiger partial charge in [0.05, 0.1) is 18.1 Å². The molecule has 0 unspecified atom stereocenters. The fourth-order valence-corrected chi connectivity index (χ4v) is 1.72. The van der Waals surface area contributed by atoms with Gasteiger partial charge >= 0.3 is 0 Å². The van der Waals surface area contributed by atoms with Crippen molar-refractivity contribution in [2.24, 2.45) is 0 Å². The molecule has 0 radical (unpaired) electrons. The van der Waals surface area contributed by atoms with Gasteiger partial charge in [-0.05, 0) is 37.3 Å². The van der Waals surface area contributed by atoms with Gasteiger partial charge in [-0.2, -0.15) is 0 Å². The first kappa shape index (κ1) is 9.09. The molecule has 0 spiro atoms. The van der Waals surface area contributed by atoms with Gasteiger partial charge in [-0.15, -0.1) is 0 Å². The van der Waals surface area contributed by atoms with Gasteiger partial charge in [0.15, 0.2) is 11.5 Å². The molecular formula is C13H10O3. The summed E-state index contributed by atoms with van der Waals surface area (Å²) < 4.78 is 16.3. The Morgan fingerprint density at radius 3 is 2.25 bits per heavy atom. The largest absolute Gasteiger partial charge is 0.464 e. The van der Waals surface area contributed by atoms with Crippen LogP contribution in [-0.2, 0) is 0 Å². The summed E-state index contributed by atoms with van der Waals surface area (Å²) in [6.07, 6.45) is 3.27. The number of hydrogen-bond acceptors (Lipinski definition) is 3. The van der Waals surface area contributed by atoms with Crippen LogP contribution in [0.25, 0.3) is 22.8 Å². The van der Waals surface area contributed by atoms with Gasteiger partial charge in [0.2, 0.25) is 0 Å². The zero-order valence-electron chi connectivity index (χ0n) is 8.77. The average Bonchev–Trinajstić information content (AvgIpc) is 2.98. The Bertz CT molecular complexity index is 519. The fraction of sp³-hybridized carbons (Fsp3) is 0.0769. The van der Waals surface area contributed by atoms with Gasteiger partial charge in [0.1, 0.15) is 11.5 Å². The topological polar surface area (TPSA) is 39.4 Å². The number of furan rings is 3. The van der Waals surface area contributed by atoms with Crippen LogP contribution < -0.4 is 0 Å². The minimum Gasteiger partial charge on any atom is -0.464 e. The SMILES string of the molecule is Cc1cc(-c2ccco2)c(-c2ccco2)o1. The van der Waals surface area contributed by atoms with Crippen LogP contribution in [0.5, 0.6) is 0 Å². The van der Waals surface area contributed by atoms with E-state index in [1.807, 2.05) is 37.3 Å². The Morgan fingerprint density at radius 1 is 0.938 bits per heavy atom. The Labute approximate surface area is 92.3 Å². The minimum atomic E-state index is 0.706. The van der Waals surface area contributed by atoms with Crippen molar-refractivity contribution in [3.63, 3.8) is 0 Å². The van der Waals surface area contributed by atoms with Gasteiger partial charge in [0, 0.05) is 0 Å². The predicted octanol–water partition coefficient (Wildman–Crippen LogP) is 4.11. The molecule has 0 N–H and O–H groups in total. The fourth-order valence-electron chi connectivity index (χ4n) is 1.72. The molecular weight excluding hydrogens is 204 g/mol. The molecule has 0 aromatic carbocycles. The van der Waals surface area contributed by atoms with Crippen molar-refractivity contribution in [2.75, 3.05) is 0 Å². The maximum absolute atomic E-state index is 5.63. The zero-order chi connectivity index (χ0) is 11.0. The molecule has 3 heterocycles. The van der Waals surface area contributed by atoms with Crippen molar-refractivity contribution >= 4 is 0 Å². The molecule has 16 heavy (non-hydrogen) atoms. The third kappa shape index (κ3) is 1.37. The summed E-state index contributed by atoms with van der Waals surface area (Å²) in [6.45, 7) is 1.90. The molecule has 0 aliphatic carbocycles. The average molecular weight is 214 g/mol. The summed E-state index contributed by atoms with van der Waals surface area (Å²) in [7, 11) is 0. The van der Waals surface area contributed by atoms with Crippen LogP contribution in [0.2, 0.25) is 0 Å². The highest BCUT2D eigenvalue weighted by atomic mass is 16.4. The second-order valence-corrected chi connectivity index (χ2v) is 3.55. The molecule has 0 aliphatic rings. The Morgan fingerprint density at radius 2 is 1.62 bits per heavy atom. The Hall–Kier alpha value is -2.16. The molecule has 0 fully saturated rings. The minimum absolute atomic E-state index is 0.706. The summed E-state index contributed by atoms with van der Waals surface area (Å²) >= 11 is 0. The highest BCUT2D eigenvalue weighted by Crippen LogP contribution is 2.35. The smallest absolute Gasteiger partial charge is 0.180 e. The van der Waals surface area contributed by atoms with Gasteiger partial charge in [-0.25, -0.2) is 0 Å². The molecule has 3 rings (SSSR count). The molecule has 0 saturated carbocycles. The summed E-state index contributed by atoms with van der Waals surface area (Å²) in [5.74, 6) is 3.03. The molecule has 3 heteroatoms. The van der Waals surface area contributed by atoms with Crippen LogP contribution in [0.15, 0.2) is 56.1 Å². The van der Waals surface area contributed by atoms with Crippen molar-refractivity contribution in [1.82, 2.24) is 0 Å². The highest BCUT2D eigenvalue weighted by Gasteiger charge is 2.16.